The Balaban J connectivity index is 0.00000243. The quantitative estimate of drug-likeness (QED) is 0.381. The Morgan fingerprint density at radius 2 is 2.04 bits per heavy atom. The molecule has 2 aromatic rings. The van der Waals surface area contributed by atoms with Crippen LogP contribution in [0.4, 0.5) is 0 Å². The minimum atomic E-state index is 0. The van der Waals surface area contributed by atoms with Gasteiger partial charge in [-0.05, 0) is 31.7 Å². The molecule has 0 spiro atoms. The third-order valence-corrected chi connectivity index (χ3v) is 4.32. The van der Waals surface area contributed by atoms with Gasteiger partial charge in [0.1, 0.15) is 18.3 Å². The third-order valence-electron chi connectivity index (χ3n) is 4.32. The van der Waals surface area contributed by atoms with Crippen molar-refractivity contribution >= 4 is 29.9 Å². The predicted octanol–water partition coefficient (Wildman–Crippen LogP) is 2.01. The maximum Gasteiger partial charge on any atom is 0.218 e. The van der Waals surface area contributed by atoms with E-state index < -0.39 is 0 Å². The molecule has 8 nitrogen and oxygen atoms in total. The van der Waals surface area contributed by atoms with Gasteiger partial charge < -0.3 is 15.4 Å². The number of pyridine rings is 1. The van der Waals surface area contributed by atoms with Gasteiger partial charge in [-0.3, -0.25) is 9.67 Å². The van der Waals surface area contributed by atoms with Crippen molar-refractivity contribution in [1.82, 2.24) is 30.4 Å². The zero-order valence-corrected chi connectivity index (χ0v) is 17.5. The highest BCUT2D eigenvalue weighted by Crippen LogP contribution is 2.24. The first kappa shape index (κ1) is 20.4. The second-order valence-electron chi connectivity index (χ2n) is 6.07. The van der Waals surface area contributed by atoms with Gasteiger partial charge in [-0.2, -0.15) is 5.10 Å². The van der Waals surface area contributed by atoms with Crippen molar-refractivity contribution in [3.05, 3.63) is 36.0 Å². The molecule has 0 radical (unpaired) electrons. The number of halogens is 1. The van der Waals surface area contributed by atoms with Crippen LogP contribution in [0.1, 0.15) is 37.1 Å². The predicted molar refractivity (Wildman–Crippen MR) is 111 cm³/mol. The van der Waals surface area contributed by atoms with Crippen LogP contribution < -0.4 is 15.4 Å². The molecule has 0 aromatic carbocycles. The molecule has 0 saturated heterocycles. The monoisotopic (exact) mass is 471 g/mol. The molecule has 1 aliphatic rings. The molecule has 0 bridgehead atoms. The summed E-state index contributed by atoms with van der Waals surface area (Å²) in [6, 6.07) is 3.95. The molecular formula is C17H26IN7O. The number of aliphatic imine (C=N–C) groups is 1. The number of nitrogens with zero attached hydrogens (tertiary/aromatic N) is 5. The van der Waals surface area contributed by atoms with Gasteiger partial charge in [0, 0.05) is 32.4 Å². The number of ether oxygens (including phenoxy) is 1. The molecule has 0 unspecified atom stereocenters. The van der Waals surface area contributed by atoms with Crippen LogP contribution >= 0.6 is 24.0 Å². The van der Waals surface area contributed by atoms with Crippen LogP contribution in [0.25, 0.3) is 0 Å². The summed E-state index contributed by atoms with van der Waals surface area (Å²) in [5.74, 6) is 2.25. The van der Waals surface area contributed by atoms with E-state index in [1.165, 1.54) is 19.2 Å². The van der Waals surface area contributed by atoms with E-state index in [4.69, 9.17) is 4.74 Å². The van der Waals surface area contributed by atoms with Crippen LogP contribution in [-0.4, -0.2) is 38.9 Å². The highest BCUT2D eigenvalue weighted by molar-refractivity contribution is 14.0. The first-order chi connectivity index (χ1) is 12.3. The summed E-state index contributed by atoms with van der Waals surface area (Å²) < 4.78 is 7.81. The topological polar surface area (TPSA) is 89.2 Å². The lowest BCUT2D eigenvalue weighted by Gasteiger charge is -2.16. The average molecular weight is 471 g/mol. The second kappa shape index (κ2) is 10.3. The highest BCUT2D eigenvalue weighted by atomic mass is 127. The lowest BCUT2D eigenvalue weighted by Crippen LogP contribution is -2.37. The fraction of sp³-hybridized carbons (Fsp3) is 0.529. The van der Waals surface area contributed by atoms with Crippen LogP contribution in [-0.2, 0) is 20.1 Å². The molecule has 0 amide bonds. The first-order valence-electron chi connectivity index (χ1n) is 8.64. The molecule has 142 valence electrons. The Labute approximate surface area is 170 Å². The summed E-state index contributed by atoms with van der Waals surface area (Å²) in [6.07, 6.45) is 8.31. The molecule has 2 aromatic heterocycles. The maximum absolute atomic E-state index is 6.07. The molecule has 1 saturated carbocycles. The zero-order chi connectivity index (χ0) is 17.5. The van der Waals surface area contributed by atoms with Crippen molar-refractivity contribution in [1.29, 1.82) is 0 Å². The van der Waals surface area contributed by atoms with Gasteiger partial charge in [-0.25, -0.2) is 9.97 Å². The van der Waals surface area contributed by atoms with Gasteiger partial charge in [-0.1, -0.05) is 6.07 Å². The summed E-state index contributed by atoms with van der Waals surface area (Å²) in [5, 5.41) is 10.6. The van der Waals surface area contributed by atoms with Crippen molar-refractivity contribution in [2.45, 2.75) is 44.9 Å². The molecule has 1 aliphatic carbocycles. The number of hydrogen-bond donors (Lipinski definition) is 2. The second-order valence-corrected chi connectivity index (χ2v) is 6.07. The number of aryl methyl sites for hydroxylation is 1. The lowest BCUT2D eigenvalue weighted by molar-refractivity contribution is 0.199. The Kier molecular flexibility index (Phi) is 8.07. The van der Waals surface area contributed by atoms with E-state index in [9.17, 15) is 0 Å². The minimum Gasteiger partial charge on any atom is -0.474 e. The van der Waals surface area contributed by atoms with Crippen LogP contribution in [0.3, 0.4) is 0 Å². The molecule has 1 fully saturated rings. The first-order valence-corrected chi connectivity index (χ1v) is 8.64. The average Bonchev–Trinajstić information content (AvgIpc) is 3.28. The summed E-state index contributed by atoms with van der Waals surface area (Å²) in [5.41, 5.74) is 1.02. The van der Waals surface area contributed by atoms with Crippen molar-refractivity contribution in [2.24, 2.45) is 12.0 Å². The van der Waals surface area contributed by atoms with E-state index in [1.54, 1.807) is 17.9 Å². The van der Waals surface area contributed by atoms with E-state index in [0.717, 1.165) is 24.2 Å². The number of aromatic nitrogens is 4. The van der Waals surface area contributed by atoms with Crippen LogP contribution in [0.5, 0.6) is 5.88 Å². The summed E-state index contributed by atoms with van der Waals surface area (Å²) in [7, 11) is 3.60. The van der Waals surface area contributed by atoms with Crippen molar-refractivity contribution in [2.75, 3.05) is 7.05 Å². The van der Waals surface area contributed by atoms with Crippen molar-refractivity contribution < 1.29 is 4.74 Å². The third kappa shape index (κ3) is 5.55. The smallest absolute Gasteiger partial charge is 0.218 e. The van der Waals surface area contributed by atoms with Gasteiger partial charge in [-0.15, -0.1) is 24.0 Å². The molecular weight excluding hydrogens is 445 g/mol. The molecule has 9 heteroatoms. The normalized spacial score (nSPS) is 14.8. The zero-order valence-electron chi connectivity index (χ0n) is 15.2. The number of rotatable bonds is 6. The van der Waals surface area contributed by atoms with Gasteiger partial charge in [0.25, 0.3) is 0 Å². The van der Waals surface area contributed by atoms with E-state index in [-0.39, 0.29) is 24.0 Å². The summed E-state index contributed by atoms with van der Waals surface area (Å²) in [4.78, 5) is 12.8. The van der Waals surface area contributed by atoms with E-state index >= 15 is 0 Å². The van der Waals surface area contributed by atoms with E-state index in [1.807, 2.05) is 19.2 Å². The van der Waals surface area contributed by atoms with Gasteiger partial charge in [0.15, 0.2) is 5.96 Å². The fourth-order valence-corrected chi connectivity index (χ4v) is 2.87. The standard InChI is InChI=1S/C17H25N7O.HI/c1-18-17(21-11-15-22-12-23-24(15)2)20-10-13-6-5-9-19-16(13)25-14-7-3-4-8-14;/h5-6,9,12,14H,3-4,7-8,10-11H2,1-2H3,(H2,18,20,21);1H. The minimum absolute atomic E-state index is 0. The highest BCUT2D eigenvalue weighted by Gasteiger charge is 2.18. The van der Waals surface area contributed by atoms with E-state index in [2.05, 4.69) is 30.7 Å². The summed E-state index contributed by atoms with van der Waals surface area (Å²) in [6.45, 7) is 1.14. The van der Waals surface area contributed by atoms with E-state index in [0.29, 0.717) is 31.0 Å². The Morgan fingerprint density at radius 3 is 2.73 bits per heavy atom. The van der Waals surface area contributed by atoms with Crippen molar-refractivity contribution in [3.8, 4) is 5.88 Å². The fourth-order valence-electron chi connectivity index (χ4n) is 2.87. The largest absolute Gasteiger partial charge is 0.474 e. The van der Waals surface area contributed by atoms with Crippen LogP contribution in [0, 0.1) is 0 Å². The van der Waals surface area contributed by atoms with Crippen molar-refractivity contribution in [3.63, 3.8) is 0 Å². The van der Waals surface area contributed by atoms with Gasteiger partial charge in [0.2, 0.25) is 5.88 Å². The molecule has 0 aliphatic heterocycles. The molecule has 26 heavy (non-hydrogen) atoms. The SMILES string of the molecule is CN=C(NCc1cccnc1OC1CCCC1)NCc1ncnn1C.I. The Bertz CT molecular complexity index is 713. The van der Waals surface area contributed by atoms with Crippen LogP contribution in [0.2, 0.25) is 0 Å². The number of nitrogens with one attached hydrogen (secondary N) is 2. The van der Waals surface area contributed by atoms with Crippen LogP contribution in [0.15, 0.2) is 29.6 Å². The van der Waals surface area contributed by atoms with Gasteiger partial charge in [0.05, 0.1) is 6.54 Å². The maximum atomic E-state index is 6.07. The molecule has 0 atom stereocenters. The summed E-state index contributed by atoms with van der Waals surface area (Å²) >= 11 is 0. The number of guanidine groups is 1. The molecule has 3 rings (SSSR count). The molecule has 2 heterocycles. The van der Waals surface area contributed by atoms with Gasteiger partial charge >= 0.3 is 0 Å². The Hall–Kier alpha value is -1.91. The number of hydrogen-bond acceptors (Lipinski definition) is 5. The lowest BCUT2D eigenvalue weighted by atomic mass is 10.2. The molecule has 2 N–H and O–H groups in total. The Morgan fingerprint density at radius 1 is 1.27 bits per heavy atom.